The lowest BCUT2D eigenvalue weighted by Crippen LogP contribution is -2.46. The topological polar surface area (TPSA) is 27.0 Å². The van der Waals surface area contributed by atoms with Gasteiger partial charge in [0.25, 0.3) is 0 Å². The van der Waals surface area contributed by atoms with Crippen LogP contribution in [-0.2, 0) is 0 Å². The summed E-state index contributed by atoms with van der Waals surface area (Å²) in [5, 5.41) is 9.42. The second-order valence-electron chi connectivity index (χ2n) is 6.21. The van der Waals surface area contributed by atoms with Crippen molar-refractivity contribution in [2.45, 2.75) is 77.3 Å². The van der Waals surface area contributed by atoms with E-state index in [2.05, 4.69) is 24.8 Å². The average Bonchev–Trinajstić information content (AvgIpc) is 2.87. The molecule has 2 nitrogen and oxygen atoms in total. The van der Waals surface area contributed by atoms with E-state index in [0.29, 0.717) is 12.0 Å². The van der Waals surface area contributed by atoms with Crippen molar-refractivity contribution in [2.24, 2.45) is 11.8 Å². The van der Waals surface area contributed by atoms with Crippen LogP contribution in [0.2, 0.25) is 0 Å². The molecule has 0 bridgehead atoms. The molecule has 102 valence electrons. The third-order valence-electron chi connectivity index (χ3n) is 5.11. The molecule has 1 heterocycles. The second kappa shape index (κ2) is 6.57. The van der Waals surface area contributed by atoms with Crippen LogP contribution in [0, 0.1) is 23.2 Å². The highest BCUT2D eigenvalue weighted by atomic mass is 15.2. The molecular formula is C16H28N2. The molecule has 1 aliphatic heterocycles. The summed E-state index contributed by atoms with van der Waals surface area (Å²) < 4.78 is 0. The largest absolute Gasteiger partial charge is 0.296 e. The maximum Gasteiger partial charge on any atom is 0.0672 e. The first-order chi connectivity index (χ1) is 8.80. The van der Waals surface area contributed by atoms with Crippen LogP contribution < -0.4 is 0 Å². The summed E-state index contributed by atoms with van der Waals surface area (Å²) in [5.41, 5.74) is 0. The SMILES string of the molecule is CCCC1CCC(C#N)C(N2CCCC2CC)C1. The van der Waals surface area contributed by atoms with Gasteiger partial charge in [-0.05, 0) is 51.0 Å². The molecular weight excluding hydrogens is 220 g/mol. The Morgan fingerprint density at radius 1 is 1.22 bits per heavy atom. The Kier molecular flexibility index (Phi) is 5.06. The highest BCUT2D eigenvalue weighted by Gasteiger charge is 2.38. The predicted molar refractivity (Wildman–Crippen MR) is 75.2 cm³/mol. The first-order valence-corrected chi connectivity index (χ1v) is 7.95. The van der Waals surface area contributed by atoms with Crippen molar-refractivity contribution in [3.05, 3.63) is 0 Å². The Morgan fingerprint density at radius 2 is 2.06 bits per heavy atom. The van der Waals surface area contributed by atoms with E-state index in [1.54, 1.807) is 0 Å². The summed E-state index contributed by atoms with van der Waals surface area (Å²) >= 11 is 0. The van der Waals surface area contributed by atoms with Crippen LogP contribution >= 0.6 is 0 Å². The van der Waals surface area contributed by atoms with E-state index in [4.69, 9.17) is 0 Å². The zero-order valence-electron chi connectivity index (χ0n) is 12.1. The normalized spacial score (nSPS) is 37.6. The quantitative estimate of drug-likeness (QED) is 0.752. The zero-order chi connectivity index (χ0) is 13.0. The number of nitriles is 1. The first kappa shape index (κ1) is 13.9. The summed E-state index contributed by atoms with van der Waals surface area (Å²) in [5.74, 6) is 1.17. The Labute approximate surface area is 112 Å². The maximum absolute atomic E-state index is 9.42. The molecule has 1 saturated carbocycles. The van der Waals surface area contributed by atoms with Gasteiger partial charge >= 0.3 is 0 Å². The number of rotatable bonds is 4. The smallest absolute Gasteiger partial charge is 0.0672 e. The summed E-state index contributed by atoms with van der Waals surface area (Å²) in [6.45, 7) is 5.83. The molecule has 2 aliphatic rings. The lowest BCUT2D eigenvalue weighted by Gasteiger charge is -2.41. The number of likely N-dealkylation sites (tertiary alicyclic amines) is 1. The van der Waals surface area contributed by atoms with Gasteiger partial charge in [0, 0.05) is 12.1 Å². The highest BCUT2D eigenvalue weighted by Crippen LogP contribution is 2.37. The third kappa shape index (κ3) is 2.88. The van der Waals surface area contributed by atoms with E-state index in [9.17, 15) is 5.26 Å². The fraction of sp³-hybridized carbons (Fsp3) is 0.938. The van der Waals surface area contributed by atoms with Crippen LogP contribution in [0.25, 0.3) is 0 Å². The molecule has 4 unspecified atom stereocenters. The Hall–Kier alpha value is -0.550. The van der Waals surface area contributed by atoms with Crippen molar-refractivity contribution in [3.63, 3.8) is 0 Å². The molecule has 0 N–H and O–H groups in total. The van der Waals surface area contributed by atoms with E-state index >= 15 is 0 Å². The number of hydrogen-bond acceptors (Lipinski definition) is 2. The highest BCUT2D eigenvalue weighted by molar-refractivity contribution is 5.00. The molecule has 0 radical (unpaired) electrons. The molecule has 0 spiro atoms. The number of nitrogens with zero attached hydrogens (tertiary/aromatic N) is 2. The van der Waals surface area contributed by atoms with Crippen molar-refractivity contribution in [3.8, 4) is 6.07 Å². The van der Waals surface area contributed by atoms with Crippen LogP contribution in [0.15, 0.2) is 0 Å². The van der Waals surface area contributed by atoms with E-state index < -0.39 is 0 Å². The summed E-state index contributed by atoms with van der Waals surface area (Å²) in [7, 11) is 0. The van der Waals surface area contributed by atoms with E-state index in [1.165, 1.54) is 51.5 Å². The van der Waals surface area contributed by atoms with Gasteiger partial charge in [-0.1, -0.05) is 26.7 Å². The van der Waals surface area contributed by atoms with Gasteiger partial charge in [-0.3, -0.25) is 4.90 Å². The van der Waals surface area contributed by atoms with Gasteiger partial charge in [0.15, 0.2) is 0 Å². The minimum atomic E-state index is 0.297. The Bertz CT molecular complexity index is 294. The van der Waals surface area contributed by atoms with Gasteiger partial charge in [-0.2, -0.15) is 5.26 Å². The van der Waals surface area contributed by atoms with Crippen LogP contribution in [0.5, 0.6) is 0 Å². The van der Waals surface area contributed by atoms with Crippen LogP contribution in [-0.4, -0.2) is 23.5 Å². The maximum atomic E-state index is 9.42. The summed E-state index contributed by atoms with van der Waals surface area (Å²) in [6.07, 6.45) is 10.3. The first-order valence-electron chi connectivity index (χ1n) is 7.95. The molecule has 4 atom stereocenters. The fourth-order valence-electron chi connectivity index (χ4n) is 4.15. The predicted octanol–water partition coefficient (Wildman–Crippen LogP) is 3.97. The monoisotopic (exact) mass is 248 g/mol. The van der Waals surface area contributed by atoms with Crippen molar-refractivity contribution in [1.82, 2.24) is 4.90 Å². The van der Waals surface area contributed by atoms with Gasteiger partial charge in [-0.25, -0.2) is 0 Å². The van der Waals surface area contributed by atoms with Crippen molar-refractivity contribution in [2.75, 3.05) is 6.54 Å². The fourth-order valence-corrected chi connectivity index (χ4v) is 4.15. The van der Waals surface area contributed by atoms with Gasteiger partial charge in [0.2, 0.25) is 0 Å². The van der Waals surface area contributed by atoms with Crippen molar-refractivity contribution < 1.29 is 0 Å². The molecule has 0 aromatic carbocycles. The van der Waals surface area contributed by atoms with E-state index in [1.807, 2.05) is 0 Å². The van der Waals surface area contributed by atoms with Crippen molar-refractivity contribution >= 4 is 0 Å². The van der Waals surface area contributed by atoms with Crippen LogP contribution in [0.3, 0.4) is 0 Å². The number of hydrogen-bond donors (Lipinski definition) is 0. The van der Waals surface area contributed by atoms with Gasteiger partial charge in [0.05, 0.1) is 12.0 Å². The van der Waals surface area contributed by atoms with Gasteiger partial charge < -0.3 is 0 Å². The molecule has 0 amide bonds. The third-order valence-corrected chi connectivity index (χ3v) is 5.11. The lowest BCUT2D eigenvalue weighted by atomic mass is 9.76. The molecule has 0 aromatic rings. The molecule has 2 heteroatoms. The average molecular weight is 248 g/mol. The van der Waals surface area contributed by atoms with Gasteiger partial charge in [0.1, 0.15) is 0 Å². The standard InChI is InChI=1S/C16H28N2/c1-3-6-13-8-9-14(12-17)16(11-13)18-10-5-7-15(18)4-2/h13-16H,3-11H2,1-2H3. The van der Waals surface area contributed by atoms with E-state index in [-0.39, 0.29) is 0 Å². The zero-order valence-corrected chi connectivity index (χ0v) is 12.1. The van der Waals surface area contributed by atoms with Crippen LogP contribution in [0.4, 0.5) is 0 Å². The second-order valence-corrected chi connectivity index (χ2v) is 6.21. The summed E-state index contributed by atoms with van der Waals surface area (Å²) in [6, 6.07) is 3.92. The van der Waals surface area contributed by atoms with E-state index in [0.717, 1.165) is 18.4 Å². The molecule has 1 saturated heterocycles. The summed E-state index contributed by atoms with van der Waals surface area (Å²) in [4.78, 5) is 2.69. The Morgan fingerprint density at radius 3 is 2.72 bits per heavy atom. The Balaban J connectivity index is 2.04. The molecule has 2 rings (SSSR count). The van der Waals surface area contributed by atoms with Crippen LogP contribution in [0.1, 0.15) is 65.2 Å². The molecule has 18 heavy (non-hydrogen) atoms. The minimum absolute atomic E-state index is 0.297. The lowest BCUT2D eigenvalue weighted by molar-refractivity contribution is 0.0856. The minimum Gasteiger partial charge on any atom is -0.296 e. The molecule has 1 aliphatic carbocycles. The van der Waals surface area contributed by atoms with Crippen molar-refractivity contribution in [1.29, 1.82) is 5.26 Å². The van der Waals surface area contributed by atoms with Gasteiger partial charge in [-0.15, -0.1) is 0 Å². The molecule has 2 fully saturated rings. The molecule has 0 aromatic heterocycles.